The molecule has 4 rings (SSSR count). The van der Waals surface area contributed by atoms with Crippen molar-refractivity contribution in [2.75, 3.05) is 13.7 Å². The van der Waals surface area contributed by atoms with Crippen molar-refractivity contribution < 1.29 is 33.3 Å². The van der Waals surface area contributed by atoms with Crippen molar-refractivity contribution >= 4 is 11.9 Å². The lowest BCUT2D eigenvalue weighted by Crippen LogP contribution is -2.27. The van der Waals surface area contributed by atoms with Gasteiger partial charge in [0.05, 0.1) is 25.5 Å². The summed E-state index contributed by atoms with van der Waals surface area (Å²) in [6.07, 6.45) is 0.297. The molecule has 0 radical (unpaired) electrons. The number of rotatable bonds is 13. The van der Waals surface area contributed by atoms with Crippen LogP contribution in [0.3, 0.4) is 0 Å². The van der Waals surface area contributed by atoms with E-state index in [9.17, 15) is 9.59 Å². The van der Waals surface area contributed by atoms with Crippen LogP contribution in [-0.2, 0) is 27.2 Å². The number of benzene rings is 3. The van der Waals surface area contributed by atoms with Gasteiger partial charge in [-0.15, -0.1) is 0 Å². The maximum absolute atomic E-state index is 12.5. The SMILES string of the molecule is COc1ccccc1-c1cccc(-c2nc(CCOc3ccc(CCC(=O)O)c(C(N)C(=O)OC(C)C)c3)c(C)o2)c1. The summed E-state index contributed by atoms with van der Waals surface area (Å²) < 4.78 is 22.8. The van der Waals surface area contributed by atoms with E-state index < -0.39 is 18.0 Å². The molecule has 3 aromatic carbocycles. The van der Waals surface area contributed by atoms with E-state index in [4.69, 9.17) is 34.5 Å². The molecule has 220 valence electrons. The monoisotopic (exact) mass is 572 g/mol. The molecule has 0 aliphatic rings. The molecule has 0 spiro atoms. The molecule has 3 N–H and O–H groups in total. The van der Waals surface area contributed by atoms with E-state index >= 15 is 0 Å². The minimum atomic E-state index is -1.06. The van der Waals surface area contributed by atoms with E-state index in [2.05, 4.69) is 0 Å². The Morgan fingerprint density at radius 3 is 2.50 bits per heavy atom. The fraction of sp³-hybridized carbons (Fsp3) is 0.303. The van der Waals surface area contributed by atoms with Crippen LogP contribution in [0.4, 0.5) is 0 Å². The smallest absolute Gasteiger partial charge is 0.327 e. The van der Waals surface area contributed by atoms with Crippen LogP contribution in [0.15, 0.2) is 71.1 Å². The van der Waals surface area contributed by atoms with E-state index in [-0.39, 0.29) is 18.9 Å². The Hall–Kier alpha value is -4.63. The predicted octanol–water partition coefficient (Wildman–Crippen LogP) is 5.92. The van der Waals surface area contributed by atoms with Gasteiger partial charge in [0.15, 0.2) is 0 Å². The first-order chi connectivity index (χ1) is 20.2. The molecule has 0 aliphatic carbocycles. The van der Waals surface area contributed by atoms with Gasteiger partial charge in [-0.1, -0.05) is 36.4 Å². The van der Waals surface area contributed by atoms with Crippen LogP contribution in [-0.4, -0.2) is 41.8 Å². The van der Waals surface area contributed by atoms with Crippen molar-refractivity contribution in [3.8, 4) is 34.1 Å². The summed E-state index contributed by atoms with van der Waals surface area (Å²) in [6.45, 7) is 5.64. The van der Waals surface area contributed by atoms with E-state index in [1.165, 1.54) is 0 Å². The minimum absolute atomic E-state index is 0.0886. The van der Waals surface area contributed by atoms with Crippen LogP contribution in [0.1, 0.15) is 48.9 Å². The molecule has 0 bridgehead atoms. The van der Waals surface area contributed by atoms with Crippen LogP contribution < -0.4 is 15.2 Å². The number of para-hydroxylation sites is 1. The second-order valence-corrected chi connectivity index (χ2v) is 10.1. The normalized spacial score (nSPS) is 11.8. The Kier molecular flexibility index (Phi) is 9.98. The summed E-state index contributed by atoms with van der Waals surface area (Å²) in [6, 6.07) is 19.9. The number of carbonyl (C=O) groups is 2. The Morgan fingerprint density at radius 2 is 1.76 bits per heavy atom. The predicted molar refractivity (Wildman–Crippen MR) is 158 cm³/mol. The third-order valence-corrected chi connectivity index (χ3v) is 6.69. The molecule has 0 saturated heterocycles. The van der Waals surface area contributed by atoms with Crippen LogP contribution in [0.25, 0.3) is 22.6 Å². The van der Waals surface area contributed by atoms with Gasteiger partial charge in [-0.05, 0) is 74.2 Å². The number of aliphatic carboxylic acids is 1. The topological polar surface area (TPSA) is 134 Å². The van der Waals surface area contributed by atoms with Gasteiger partial charge in [-0.3, -0.25) is 4.79 Å². The maximum atomic E-state index is 12.5. The first-order valence-electron chi connectivity index (χ1n) is 13.8. The average Bonchev–Trinajstić information content (AvgIpc) is 3.35. The lowest BCUT2D eigenvalue weighted by atomic mass is 9.97. The van der Waals surface area contributed by atoms with Gasteiger partial charge >= 0.3 is 11.9 Å². The zero-order valence-electron chi connectivity index (χ0n) is 24.3. The van der Waals surface area contributed by atoms with Crippen molar-refractivity contribution in [2.45, 2.75) is 52.2 Å². The number of hydrogen-bond donors (Lipinski definition) is 2. The number of carboxylic acid groups (broad SMARTS) is 1. The number of nitrogens with two attached hydrogens (primary N) is 1. The average molecular weight is 573 g/mol. The number of nitrogens with zero attached hydrogens (tertiary/aromatic N) is 1. The van der Waals surface area contributed by atoms with Gasteiger partial charge in [0.2, 0.25) is 5.89 Å². The van der Waals surface area contributed by atoms with Gasteiger partial charge in [-0.2, -0.15) is 0 Å². The second-order valence-electron chi connectivity index (χ2n) is 10.1. The third-order valence-electron chi connectivity index (χ3n) is 6.69. The molecular formula is C33H36N2O7. The van der Waals surface area contributed by atoms with E-state index in [1.807, 2.05) is 55.5 Å². The summed E-state index contributed by atoms with van der Waals surface area (Å²) in [5, 5.41) is 9.13. The minimum Gasteiger partial charge on any atom is -0.496 e. The summed E-state index contributed by atoms with van der Waals surface area (Å²) in [5.74, 6) is 0.973. The van der Waals surface area contributed by atoms with Gasteiger partial charge in [0.25, 0.3) is 0 Å². The standard InChI is InChI=1S/C33H36N2O7/c1-20(2)41-33(38)31(34)27-19-25(14-12-22(27)13-15-30(36)37)40-17-16-28-21(3)42-32(35-28)24-9-7-8-23(18-24)26-10-5-6-11-29(26)39-4/h5-12,14,18-20,31H,13,15-17,34H2,1-4H3,(H,36,37). The molecule has 4 aromatic rings. The number of hydrogen-bond acceptors (Lipinski definition) is 8. The zero-order valence-corrected chi connectivity index (χ0v) is 24.3. The summed E-state index contributed by atoms with van der Waals surface area (Å²) in [4.78, 5) is 28.4. The lowest BCUT2D eigenvalue weighted by molar-refractivity contribution is -0.149. The number of ether oxygens (including phenoxy) is 3. The molecule has 9 heteroatoms. The third kappa shape index (κ3) is 7.55. The summed E-state index contributed by atoms with van der Waals surface area (Å²) >= 11 is 0. The molecule has 1 aromatic heterocycles. The molecule has 0 aliphatic heterocycles. The molecule has 1 atom stereocenters. The largest absolute Gasteiger partial charge is 0.496 e. The molecule has 1 heterocycles. The summed E-state index contributed by atoms with van der Waals surface area (Å²) in [7, 11) is 1.65. The van der Waals surface area contributed by atoms with Crippen LogP contribution in [0.2, 0.25) is 0 Å². The quantitative estimate of drug-likeness (QED) is 0.187. The summed E-state index contributed by atoms with van der Waals surface area (Å²) in [5.41, 5.74) is 10.9. The fourth-order valence-corrected chi connectivity index (χ4v) is 4.61. The molecule has 42 heavy (non-hydrogen) atoms. The van der Waals surface area contributed by atoms with E-state index in [0.29, 0.717) is 41.6 Å². The molecule has 0 fully saturated rings. The Bertz CT molecular complexity index is 1540. The Labute approximate surface area is 245 Å². The molecular weight excluding hydrogens is 536 g/mol. The number of aryl methyl sites for hydroxylation is 2. The van der Waals surface area contributed by atoms with Crippen LogP contribution in [0, 0.1) is 6.92 Å². The van der Waals surface area contributed by atoms with E-state index in [0.717, 1.165) is 28.1 Å². The Balaban J connectivity index is 1.47. The number of esters is 1. The maximum Gasteiger partial charge on any atom is 0.327 e. The number of oxazole rings is 1. The van der Waals surface area contributed by atoms with Crippen LogP contribution >= 0.6 is 0 Å². The highest BCUT2D eigenvalue weighted by atomic mass is 16.5. The van der Waals surface area contributed by atoms with Crippen molar-refractivity contribution in [1.29, 1.82) is 0 Å². The van der Waals surface area contributed by atoms with Crippen molar-refractivity contribution in [3.05, 3.63) is 89.3 Å². The van der Waals surface area contributed by atoms with E-state index in [1.54, 1.807) is 39.2 Å². The van der Waals surface area contributed by atoms with Gasteiger partial charge in [0, 0.05) is 24.0 Å². The molecule has 1 unspecified atom stereocenters. The van der Waals surface area contributed by atoms with Crippen LogP contribution in [0.5, 0.6) is 11.5 Å². The first-order valence-corrected chi connectivity index (χ1v) is 13.8. The molecule has 9 nitrogen and oxygen atoms in total. The number of carboxylic acids is 1. The van der Waals surface area contributed by atoms with Gasteiger partial charge in [-0.25, -0.2) is 9.78 Å². The fourth-order valence-electron chi connectivity index (χ4n) is 4.61. The number of methoxy groups -OCH3 is 1. The second kappa shape index (κ2) is 13.8. The highest BCUT2D eigenvalue weighted by Crippen LogP contribution is 2.33. The van der Waals surface area contributed by atoms with Crippen molar-refractivity contribution in [3.63, 3.8) is 0 Å². The highest BCUT2D eigenvalue weighted by Gasteiger charge is 2.23. The molecule has 0 amide bonds. The number of carbonyl (C=O) groups excluding carboxylic acids is 1. The lowest BCUT2D eigenvalue weighted by Gasteiger charge is -2.18. The highest BCUT2D eigenvalue weighted by molar-refractivity contribution is 5.78. The first kappa shape index (κ1) is 30.3. The zero-order chi connectivity index (χ0) is 30.2. The van der Waals surface area contributed by atoms with Crippen molar-refractivity contribution in [1.82, 2.24) is 4.98 Å². The number of aromatic nitrogens is 1. The van der Waals surface area contributed by atoms with Crippen molar-refractivity contribution in [2.24, 2.45) is 5.73 Å². The van der Waals surface area contributed by atoms with Gasteiger partial charge in [0.1, 0.15) is 23.3 Å². The Morgan fingerprint density at radius 1 is 1.00 bits per heavy atom. The molecule has 0 saturated carbocycles. The van der Waals surface area contributed by atoms with Gasteiger partial charge < -0.3 is 29.5 Å².